The topological polar surface area (TPSA) is 55.8 Å². The predicted octanol–water partition coefficient (Wildman–Crippen LogP) is 2.29. The van der Waals surface area contributed by atoms with Crippen LogP contribution in [0.1, 0.15) is 40.5 Å². The van der Waals surface area contributed by atoms with E-state index < -0.39 is 35.9 Å². The third-order valence-electron chi connectivity index (χ3n) is 3.73. The second kappa shape index (κ2) is 5.22. The summed E-state index contributed by atoms with van der Waals surface area (Å²) in [6, 6.07) is -1.27. The van der Waals surface area contributed by atoms with Crippen molar-refractivity contribution >= 4 is 12.1 Å². The number of carbonyl (C=O) groups is 2. The zero-order chi connectivity index (χ0) is 15.1. The van der Waals surface area contributed by atoms with Crippen molar-refractivity contribution in [1.29, 1.82) is 0 Å². The molecule has 114 valence electrons. The van der Waals surface area contributed by atoms with Gasteiger partial charge in [0.25, 0.3) is 0 Å². The number of ether oxygens (including phenoxy) is 2. The zero-order valence-corrected chi connectivity index (χ0v) is 12.4. The number of hydrogen-bond acceptors (Lipinski definition) is 4. The third-order valence-corrected chi connectivity index (χ3v) is 3.73. The van der Waals surface area contributed by atoms with E-state index in [4.69, 9.17) is 9.47 Å². The fourth-order valence-electron chi connectivity index (χ4n) is 3.08. The van der Waals surface area contributed by atoms with Gasteiger partial charge in [0.2, 0.25) is 0 Å². The molecular formula is C14H22FNO4. The Hall–Kier alpha value is -1.33. The number of carbonyl (C=O) groups excluding carboxylic acids is 2. The summed E-state index contributed by atoms with van der Waals surface area (Å²) in [5.41, 5.74) is -0.677. The van der Waals surface area contributed by atoms with Crippen LogP contribution in [0.2, 0.25) is 0 Å². The summed E-state index contributed by atoms with van der Waals surface area (Å²) >= 11 is 0. The molecule has 0 N–H and O–H groups in total. The SMILES string of the molecule is CCOC(=O)C1C2CC(F)C(C2)N1C(=O)OC(C)(C)C. The van der Waals surface area contributed by atoms with Crippen LogP contribution in [0, 0.1) is 5.92 Å². The van der Waals surface area contributed by atoms with Crippen molar-refractivity contribution in [2.75, 3.05) is 6.61 Å². The normalized spacial score (nSPS) is 32.4. The second-order valence-electron chi connectivity index (χ2n) is 6.40. The van der Waals surface area contributed by atoms with Crippen LogP contribution in [0.4, 0.5) is 9.18 Å². The largest absolute Gasteiger partial charge is 0.464 e. The molecule has 1 saturated heterocycles. The van der Waals surface area contributed by atoms with Gasteiger partial charge in [-0.05, 0) is 46.5 Å². The van der Waals surface area contributed by atoms with E-state index in [9.17, 15) is 14.0 Å². The Bertz CT molecular complexity index is 406. The van der Waals surface area contributed by atoms with Crippen molar-refractivity contribution in [3.8, 4) is 0 Å². The summed E-state index contributed by atoms with van der Waals surface area (Å²) in [6.45, 7) is 7.18. The fraction of sp³-hybridized carbons (Fsp3) is 0.857. The summed E-state index contributed by atoms with van der Waals surface area (Å²) in [5.74, 6) is -0.626. The number of rotatable bonds is 2. The third kappa shape index (κ3) is 2.74. The molecule has 20 heavy (non-hydrogen) atoms. The molecule has 0 radical (unpaired) electrons. The van der Waals surface area contributed by atoms with Gasteiger partial charge in [-0.1, -0.05) is 0 Å². The van der Waals surface area contributed by atoms with Crippen molar-refractivity contribution in [3.63, 3.8) is 0 Å². The molecule has 5 nitrogen and oxygen atoms in total. The number of likely N-dealkylation sites (tertiary alicyclic amines) is 1. The maximum absolute atomic E-state index is 13.9. The van der Waals surface area contributed by atoms with Gasteiger partial charge in [-0.15, -0.1) is 0 Å². The molecule has 2 rings (SSSR count). The van der Waals surface area contributed by atoms with Crippen molar-refractivity contribution < 1.29 is 23.5 Å². The minimum absolute atomic E-state index is 0.165. The average molecular weight is 287 g/mol. The quantitative estimate of drug-likeness (QED) is 0.731. The van der Waals surface area contributed by atoms with Crippen LogP contribution < -0.4 is 0 Å². The molecule has 6 heteroatoms. The molecule has 2 fully saturated rings. The van der Waals surface area contributed by atoms with Crippen molar-refractivity contribution in [1.82, 2.24) is 4.90 Å². The van der Waals surface area contributed by atoms with Gasteiger partial charge in [-0.3, -0.25) is 4.90 Å². The van der Waals surface area contributed by atoms with E-state index in [1.807, 2.05) is 0 Å². The number of fused-ring (bicyclic) bond motifs is 2. The smallest absolute Gasteiger partial charge is 0.411 e. The number of hydrogen-bond donors (Lipinski definition) is 0. The maximum atomic E-state index is 13.9. The van der Waals surface area contributed by atoms with E-state index in [-0.39, 0.29) is 12.5 Å². The first-order valence-electron chi connectivity index (χ1n) is 7.06. The second-order valence-corrected chi connectivity index (χ2v) is 6.40. The Balaban J connectivity index is 2.18. The summed E-state index contributed by atoms with van der Waals surface area (Å²) in [6.07, 6.45) is -0.902. The van der Waals surface area contributed by atoms with E-state index in [1.54, 1.807) is 27.7 Å². The Kier molecular flexibility index (Phi) is 3.93. The summed E-state index contributed by atoms with van der Waals surface area (Å²) in [4.78, 5) is 25.5. The van der Waals surface area contributed by atoms with Crippen LogP contribution in [0.25, 0.3) is 0 Å². The van der Waals surface area contributed by atoms with Gasteiger partial charge in [0.15, 0.2) is 0 Å². The highest BCUT2D eigenvalue weighted by Gasteiger charge is 2.57. The molecular weight excluding hydrogens is 265 g/mol. The number of alkyl halides is 1. The number of nitrogens with zero attached hydrogens (tertiary/aromatic N) is 1. The summed E-state index contributed by atoms with van der Waals surface area (Å²) in [7, 11) is 0. The monoisotopic (exact) mass is 287 g/mol. The highest BCUT2D eigenvalue weighted by molar-refractivity contribution is 5.83. The molecule has 4 unspecified atom stereocenters. The van der Waals surface area contributed by atoms with Crippen LogP contribution in [-0.2, 0) is 14.3 Å². The fourth-order valence-corrected chi connectivity index (χ4v) is 3.08. The number of amides is 1. The van der Waals surface area contributed by atoms with Crippen LogP contribution in [0.5, 0.6) is 0 Å². The highest BCUT2D eigenvalue weighted by Crippen LogP contribution is 2.45. The summed E-state index contributed by atoms with van der Waals surface area (Å²) < 4.78 is 24.2. The standard InChI is InChI=1S/C14H22FNO4/c1-5-19-12(17)11-8-6-9(15)10(7-8)16(11)13(18)20-14(2,3)4/h8-11H,5-7H2,1-4H3. The molecule has 1 aliphatic carbocycles. The van der Waals surface area contributed by atoms with Crippen LogP contribution >= 0.6 is 0 Å². The first-order chi connectivity index (χ1) is 9.24. The number of piperidine rings is 1. The van der Waals surface area contributed by atoms with Crippen molar-refractivity contribution in [2.24, 2.45) is 5.92 Å². The molecule has 0 spiro atoms. The van der Waals surface area contributed by atoms with Gasteiger partial charge in [0.05, 0.1) is 12.6 Å². The van der Waals surface area contributed by atoms with Crippen LogP contribution in [-0.4, -0.2) is 47.4 Å². The molecule has 2 bridgehead atoms. The highest BCUT2D eigenvalue weighted by atomic mass is 19.1. The lowest BCUT2D eigenvalue weighted by atomic mass is 9.98. The minimum Gasteiger partial charge on any atom is -0.464 e. The van der Waals surface area contributed by atoms with Gasteiger partial charge < -0.3 is 9.47 Å². The zero-order valence-electron chi connectivity index (χ0n) is 12.4. The lowest BCUT2D eigenvalue weighted by molar-refractivity contribution is -0.151. The van der Waals surface area contributed by atoms with E-state index in [0.717, 1.165) is 0 Å². The van der Waals surface area contributed by atoms with Gasteiger partial charge >= 0.3 is 12.1 Å². The molecule has 1 heterocycles. The first-order valence-corrected chi connectivity index (χ1v) is 7.06. The van der Waals surface area contributed by atoms with Gasteiger partial charge in [-0.25, -0.2) is 14.0 Å². The molecule has 1 amide bonds. The lowest BCUT2D eigenvalue weighted by Crippen LogP contribution is -2.54. The number of halogens is 1. The maximum Gasteiger partial charge on any atom is 0.411 e. The van der Waals surface area contributed by atoms with Gasteiger partial charge in [-0.2, -0.15) is 0 Å². The minimum atomic E-state index is -1.09. The molecule has 1 aliphatic heterocycles. The Morgan fingerprint density at radius 3 is 2.50 bits per heavy atom. The van der Waals surface area contributed by atoms with Crippen LogP contribution in [0.15, 0.2) is 0 Å². The molecule has 2 aliphatic rings. The summed E-state index contributed by atoms with van der Waals surface area (Å²) in [5, 5.41) is 0. The van der Waals surface area contributed by atoms with E-state index in [0.29, 0.717) is 12.8 Å². The lowest BCUT2D eigenvalue weighted by Gasteiger charge is -2.36. The van der Waals surface area contributed by atoms with Crippen molar-refractivity contribution in [3.05, 3.63) is 0 Å². The first kappa shape index (κ1) is 15.1. The van der Waals surface area contributed by atoms with Crippen molar-refractivity contribution in [2.45, 2.75) is 64.4 Å². The average Bonchev–Trinajstić information content (AvgIpc) is 2.82. The van der Waals surface area contributed by atoms with E-state index >= 15 is 0 Å². The molecule has 0 aromatic carbocycles. The molecule has 0 aromatic rings. The molecule has 1 saturated carbocycles. The van der Waals surface area contributed by atoms with E-state index in [1.165, 1.54) is 4.90 Å². The van der Waals surface area contributed by atoms with Gasteiger partial charge in [0.1, 0.15) is 17.8 Å². The molecule has 4 atom stereocenters. The van der Waals surface area contributed by atoms with E-state index in [2.05, 4.69) is 0 Å². The van der Waals surface area contributed by atoms with Gasteiger partial charge in [0, 0.05) is 0 Å². The Morgan fingerprint density at radius 2 is 1.95 bits per heavy atom. The molecule has 0 aromatic heterocycles. The number of esters is 1. The Morgan fingerprint density at radius 1 is 1.30 bits per heavy atom. The Labute approximate surface area is 118 Å². The predicted molar refractivity (Wildman–Crippen MR) is 69.9 cm³/mol. The van der Waals surface area contributed by atoms with Crippen LogP contribution in [0.3, 0.4) is 0 Å².